The lowest BCUT2D eigenvalue weighted by atomic mass is 9.87. The number of nitro benzene ring substituents is 1. The van der Waals surface area contributed by atoms with Gasteiger partial charge in [0.05, 0.1) is 4.92 Å². The predicted octanol–water partition coefficient (Wildman–Crippen LogP) is 3.92. The van der Waals surface area contributed by atoms with E-state index >= 15 is 0 Å². The van der Waals surface area contributed by atoms with Gasteiger partial charge in [0.15, 0.2) is 0 Å². The van der Waals surface area contributed by atoms with Crippen LogP contribution < -0.4 is 5.32 Å². The number of nitrogens with zero attached hydrogens (tertiary/aromatic N) is 1. The summed E-state index contributed by atoms with van der Waals surface area (Å²) in [6.45, 7) is 2.80. The van der Waals surface area contributed by atoms with Crippen molar-refractivity contribution in [2.24, 2.45) is 5.92 Å². The molecule has 0 aliphatic heterocycles. The topological polar surface area (TPSA) is 55.2 Å². The summed E-state index contributed by atoms with van der Waals surface area (Å²) < 4.78 is 0. The van der Waals surface area contributed by atoms with Crippen molar-refractivity contribution in [3.8, 4) is 0 Å². The molecule has 104 valence electrons. The summed E-state index contributed by atoms with van der Waals surface area (Å²) in [6, 6.07) is 5.33. The van der Waals surface area contributed by atoms with Crippen LogP contribution in [0.25, 0.3) is 0 Å². The van der Waals surface area contributed by atoms with E-state index in [2.05, 4.69) is 12.2 Å². The molecule has 0 saturated heterocycles. The van der Waals surface area contributed by atoms with Crippen LogP contribution in [-0.2, 0) is 6.54 Å². The Bertz CT molecular complexity index is 465. The minimum atomic E-state index is -0.369. The SMILES string of the molecule is CC1CCCC(NCc2ccc(Cl)cc2[N+](=O)[O-])C1. The first kappa shape index (κ1) is 14.3. The first-order chi connectivity index (χ1) is 9.06. The molecule has 1 N–H and O–H groups in total. The minimum Gasteiger partial charge on any atom is -0.310 e. The van der Waals surface area contributed by atoms with Crippen molar-refractivity contribution in [2.75, 3.05) is 0 Å². The van der Waals surface area contributed by atoms with Crippen LogP contribution in [0.3, 0.4) is 0 Å². The van der Waals surface area contributed by atoms with Gasteiger partial charge < -0.3 is 5.32 Å². The van der Waals surface area contributed by atoms with Crippen LogP contribution in [0.1, 0.15) is 38.2 Å². The van der Waals surface area contributed by atoms with Crippen molar-refractivity contribution < 1.29 is 4.92 Å². The van der Waals surface area contributed by atoms with E-state index in [1.165, 1.54) is 18.9 Å². The van der Waals surface area contributed by atoms with E-state index in [4.69, 9.17) is 11.6 Å². The van der Waals surface area contributed by atoms with Crippen LogP contribution in [0.2, 0.25) is 5.02 Å². The van der Waals surface area contributed by atoms with E-state index in [1.54, 1.807) is 12.1 Å². The van der Waals surface area contributed by atoms with Crippen molar-refractivity contribution in [1.82, 2.24) is 5.32 Å². The number of benzene rings is 1. The molecule has 0 heterocycles. The lowest BCUT2D eigenvalue weighted by Crippen LogP contribution is -2.33. The normalized spacial score (nSPS) is 23.3. The van der Waals surface area contributed by atoms with Gasteiger partial charge in [-0.25, -0.2) is 0 Å². The van der Waals surface area contributed by atoms with E-state index in [9.17, 15) is 10.1 Å². The van der Waals surface area contributed by atoms with E-state index in [1.807, 2.05) is 0 Å². The molecule has 1 saturated carbocycles. The molecule has 1 aromatic carbocycles. The van der Waals surface area contributed by atoms with Gasteiger partial charge in [0.25, 0.3) is 5.69 Å². The number of halogens is 1. The van der Waals surface area contributed by atoms with Crippen LogP contribution in [0.15, 0.2) is 18.2 Å². The van der Waals surface area contributed by atoms with Crippen LogP contribution in [0.4, 0.5) is 5.69 Å². The Morgan fingerprint density at radius 1 is 1.47 bits per heavy atom. The highest BCUT2D eigenvalue weighted by Gasteiger charge is 2.20. The molecule has 4 nitrogen and oxygen atoms in total. The molecule has 1 aliphatic carbocycles. The van der Waals surface area contributed by atoms with Crippen LogP contribution in [0, 0.1) is 16.0 Å². The molecule has 0 bridgehead atoms. The van der Waals surface area contributed by atoms with Crippen molar-refractivity contribution in [2.45, 2.75) is 45.2 Å². The van der Waals surface area contributed by atoms with Gasteiger partial charge in [-0.3, -0.25) is 10.1 Å². The third-order valence-electron chi connectivity index (χ3n) is 3.76. The van der Waals surface area contributed by atoms with Gasteiger partial charge in [0.1, 0.15) is 0 Å². The van der Waals surface area contributed by atoms with E-state index < -0.39 is 0 Å². The fraction of sp³-hybridized carbons (Fsp3) is 0.571. The van der Waals surface area contributed by atoms with E-state index in [-0.39, 0.29) is 10.6 Å². The van der Waals surface area contributed by atoms with E-state index in [0.29, 0.717) is 23.2 Å². The maximum absolute atomic E-state index is 11.0. The zero-order valence-electron chi connectivity index (χ0n) is 11.1. The Balaban J connectivity index is 2.01. The summed E-state index contributed by atoms with van der Waals surface area (Å²) in [5.41, 5.74) is 0.802. The second-order valence-electron chi connectivity index (χ2n) is 5.38. The van der Waals surface area contributed by atoms with Crippen LogP contribution in [-0.4, -0.2) is 11.0 Å². The van der Waals surface area contributed by atoms with Gasteiger partial charge in [-0.15, -0.1) is 0 Å². The van der Waals surface area contributed by atoms with Gasteiger partial charge in [0, 0.05) is 29.2 Å². The fourth-order valence-corrected chi connectivity index (χ4v) is 2.90. The summed E-state index contributed by atoms with van der Waals surface area (Å²) >= 11 is 5.80. The Morgan fingerprint density at radius 2 is 2.26 bits per heavy atom. The Kier molecular flexibility index (Phi) is 4.77. The molecular weight excluding hydrogens is 264 g/mol. The number of rotatable bonds is 4. The van der Waals surface area contributed by atoms with Gasteiger partial charge in [-0.2, -0.15) is 0 Å². The van der Waals surface area contributed by atoms with Gasteiger partial charge in [-0.05, 0) is 30.9 Å². The van der Waals surface area contributed by atoms with Gasteiger partial charge >= 0.3 is 0 Å². The number of nitro groups is 1. The number of hydrogen-bond acceptors (Lipinski definition) is 3. The minimum absolute atomic E-state index is 0.101. The third-order valence-corrected chi connectivity index (χ3v) is 4.00. The average molecular weight is 283 g/mol. The Hall–Kier alpha value is -1.13. The molecule has 1 aliphatic rings. The zero-order valence-corrected chi connectivity index (χ0v) is 11.8. The smallest absolute Gasteiger partial charge is 0.275 e. The summed E-state index contributed by atoms with van der Waals surface area (Å²) in [6.07, 6.45) is 4.84. The maximum Gasteiger partial charge on any atom is 0.275 e. The third kappa shape index (κ3) is 3.91. The molecule has 2 unspecified atom stereocenters. The highest BCUT2D eigenvalue weighted by Crippen LogP contribution is 2.26. The van der Waals surface area contributed by atoms with Gasteiger partial charge in [-0.1, -0.05) is 31.4 Å². The molecule has 19 heavy (non-hydrogen) atoms. The Morgan fingerprint density at radius 3 is 2.95 bits per heavy atom. The monoisotopic (exact) mass is 282 g/mol. The zero-order chi connectivity index (χ0) is 13.8. The molecular formula is C14H19ClN2O2. The lowest BCUT2D eigenvalue weighted by molar-refractivity contribution is -0.385. The van der Waals surface area contributed by atoms with Crippen LogP contribution in [0.5, 0.6) is 0 Å². The summed E-state index contributed by atoms with van der Waals surface area (Å²) in [5.74, 6) is 0.742. The first-order valence-corrected chi connectivity index (χ1v) is 7.10. The highest BCUT2D eigenvalue weighted by molar-refractivity contribution is 6.30. The van der Waals surface area contributed by atoms with Crippen LogP contribution >= 0.6 is 11.6 Å². The number of hydrogen-bond donors (Lipinski definition) is 1. The summed E-state index contributed by atoms with van der Waals surface area (Å²) in [4.78, 5) is 10.6. The first-order valence-electron chi connectivity index (χ1n) is 6.72. The van der Waals surface area contributed by atoms with E-state index in [0.717, 1.165) is 18.8 Å². The maximum atomic E-state index is 11.0. The van der Waals surface area contributed by atoms with Crippen molar-refractivity contribution in [1.29, 1.82) is 0 Å². The quantitative estimate of drug-likeness (QED) is 0.673. The summed E-state index contributed by atoms with van der Waals surface area (Å²) in [7, 11) is 0. The predicted molar refractivity (Wildman–Crippen MR) is 76.4 cm³/mol. The summed E-state index contributed by atoms with van der Waals surface area (Å²) in [5, 5.41) is 14.8. The fourth-order valence-electron chi connectivity index (χ4n) is 2.73. The average Bonchev–Trinajstić information content (AvgIpc) is 2.37. The standard InChI is InChI=1S/C14H19ClN2O2/c1-10-3-2-4-13(7-10)16-9-11-5-6-12(15)8-14(11)17(18)19/h5-6,8,10,13,16H,2-4,7,9H2,1H3. The molecule has 1 aromatic rings. The molecule has 2 rings (SSSR count). The second kappa shape index (κ2) is 6.35. The molecule has 0 spiro atoms. The molecule has 2 atom stereocenters. The molecule has 5 heteroatoms. The second-order valence-corrected chi connectivity index (χ2v) is 5.82. The van der Waals surface area contributed by atoms with Crippen molar-refractivity contribution in [3.63, 3.8) is 0 Å². The Labute approximate surface area is 118 Å². The largest absolute Gasteiger partial charge is 0.310 e. The number of nitrogens with one attached hydrogen (secondary N) is 1. The molecule has 1 fully saturated rings. The molecule has 0 radical (unpaired) electrons. The van der Waals surface area contributed by atoms with Crippen molar-refractivity contribution >= 4 is 17.3 Å². The highest BCUT2D eigenvalue weighted by atomic mass is 35.5. The molecule has 0 aromatic heterocycles. The van der Waals surface area contributed by atoms with Gasteiger partial charge in [0.2, 0.25) is 0 Å². The molecule has 0 amide bonds. The van der Waals surface area contributed by atoms with Crippen molar-refractivity contribution in [3.05, 3.63) is 38.9 Å². The lowest BCUT2D eigenvalue weighted by Gasteiger charge is -2.27.